The molecule has 8 heteroatoms. The number of likely N-dealkylation sites (N-methyl/N-ethyl adjacent to an activating group) is 1. The van der Waals surface area contributed by atoms with Crippen molar-refractivity contribution >= 4 is 15.9 Å². The van der Waals surface area contributed by atoms with E-state index in [1.165, 1.54) is 17.9 Å². The van der Waals surface area contributed by atoms with Gasteiger partial charge in [0.25, 0.3) is 0 Å². The monoisotopic (exact) mass is 365 g/mol. The zero-order valence-corrected chi connectivity index (χ0v) is 14.9. The number of sulfonamides is 1. The van der Waals surface area contributed by atoms with Crippen molar-refractivity contribution in [1.29, 1.82) is 0 Å². The van der Waals surface area contributed by atoms with Gasteiger partial charge in [-0.3, -0.25) is 9.78 Å². The minimum atomic E-state index is -3.88. The van der Waals surface area contributed by atoms with Gasteiger partial charge in [-0.25, -0.2) is 17.5 Å². The van der Waals surface area contributed by atoms with Crippen molar-refractivity contribution in [3.63, 3.8) is 0 Å². The minimum absolute atomic E-state index is 0.0406. The fourth-order valence-corrected chi connectivity index (χ4v) is 3.45. The summed E-state index contributed by atoms with van der Waals surface area (Å²) in [5.41, 5.74) is 1.32. The summed E-state index contributed by atoms with van der Waals surface area (Å²) in [7, 11) is -2.26. The molecule has 1 amide bonds. The van der Waals surface area contributed by atoms with Crippen LogP contribution in [0, 0.1) is 12.7 Å². The van der Waals surface area contributed by atoms with Crippen LogP contribution >= 0.6 is 0 Å². The molecule has 2 rings (SSSR count). The van der Waals surface area contributed by atoms with Gasteiger partial charge in [0.05, 0.1) is 11.4 Å². The molecule has 0 aliphatic rings. The fraction of sp³-hybridized carbons (Fsp3) is 0.294. The molecule has 25 heavy (non-hydrogen) atoms. The number of carbonyl (C=O) groups is 1. The van der Waals surface area contributed by atoms with Gasteiger partial charge in [0.15, 0.2) is 0 Å². The van der Waals surface area contributed by atoms with Crippen LogP contribution in [0.15, 0.2) is 47.6 Å². The molecule has 0 aliphatic carbocycles. The summed E-state index contributed by atoms with van der Waals surface area (Å²) >= 11 is 0. The molecule has 0 spiro atoms. The van der Waals surface area contributed by atoms with Crippen molar-refractivity contribution in [3.8, 4) is 0 Å². The van der Waals surface area contributed by atoms with Gasteiger partial charge in [0, 0.05) is 26.0 Å². The van der Waals surface area contributed by atoms with Crippen LogP contribution in [0.1, 0.15) is 11.1 Å². The van der Waals surface area contributed by atoms with Crippen molar-refractivity contribution in [2.24, 2.45) is 0 Å². The lowest BCUT2D eigenvalue weighted by Gasteiger charge is -2.18. The molecule has 0 bridgehead atoms. The predicted octanol–water partition coefficient (Wildman–Crippen LogP) is 1.51. The summed E-state index contributed by atoms with van der Waals surface area (Å²) in [4.78, 5) is 17.5. The first-order valence-corrected chi connectivity index (χ1v) is 9.16. The Morgan fingerprint density at radius 1 is 1.24 bits per heavy atom. The second kappa shape index (κ2) is 8.17. The predicted molar refractivity (Wildman–Crippen MR) is 91.9 cm³/mol. The molecule has 0 atom stereocenters. The first kappa shape index (κ1) is 19.0. The number of hydrogen-bond donors (Lipinski definition) is 1. The number of hydrogen-bond acceptors (Lipinski definition) is 4. The first-order valence-electron chi connectivity index (χ1n) is 7.68. The largest absolute Gasteiger partial charge is 0.344 e. The van der Waals surface area contributed by atoms with Crippen molar-refractivity contribution in [3.05, 3.63) is 59.7 Å². The molecule has 0 saturated heterocycles. The van der Waals surface area contributed by atoms with Gasteiger partial charge in [-0.2, -0.15) is 0 Å². The fourth-order valence-electron chi connectivity index (χ4n) is 2.25. The number of aryl methyl sites for hydroxylation is 1. The van der Waals surface area contributed by atoms with E-state index >= 15 is 0 Å². The van der Waals surface area contributed by atoms with E-state index in [9.17, 15) is 17.6 Å². The molecule has 0 radical (unpaired) electrons. The Bertz CT molecular complexity index is 841. The third-order valence-corrected chi connectivity index (χ3v) is 5.31. The van der Waals surface area contributed by atoms with E-state index in [-0.39, 0.29) is 22.9 Å². The summed E-state index contributed by atoms with van der Waals surface area (Å²) in [6, 6.07) is 7.11. The highest BCUT2D eigenvalue weighted by molar-refractivity contribution is 7.89. The minimum Gasteiger partial charge on any atom is -0.344 e. The van der Waals surface area contributed by atoms with E-state index in [2.05, 4.69) is 9.71 Å². The number of aromatic nitrogens is 1. The number of pyridine rings is 1. The zero-order chi connectivity index (χ0) is 18.4. The maximum Gasteiger partial charge on any atom is 0.241 e. The van der Waals surface area contributed by atoms with Gasteiger partial charge in [-0.05, 0) is 54.8 Å². The molecular weight excluding hydrogens is 345 g/mol. The number of amides is 1. The van der Waals surface area contributed by atoms with Gasteiger partial charge >= 0.3 is 0 Å². The molecule has 0 aliphatic heterocycles. The van der Waals surface area contributed by atoms with E-state index in [1.54, 1.807) is 19.4 Å². The van der Waals surface area contributed by atoms with Crippen LogP contribution in [0.25, 0.3) is 0 Å². The average molecular weight is 365 g/mol. The Kier molecular flexibility index (Phi) is 6.22. The van der Waals surface area contributed by atoms with Crippen molar-refractivity contribution < 1.29 is 17.6 Å². The van der Waals surface area contributed by atoms with Crippen molar-refractivity contribution in [2.45, 2.75) is 18.2 Å². The van der Waals surface area contributed by atoms with Crippen molar-refractivity contribution in [2.75, 3.05) is 20.1 Å². The van der Waals surface area contributed by atoms with Crippen LogP contribution in [0.5, 0.6) is 0 Å². The topological polar surface area (TPSA) is 79.4 Å². The summed E-state index contributed by atoms with van der Waals surface area (Å²) < 4.78 is 39.9. The highest BCUT2D eigenvalue weighted by atomic mass is 32.2. The number of carbonyl (C=O) groups excluding carboxylic acids is 1. The highest BCUT2D eigenvalue weighted by Gasteiger charge is 2.19. The molecule has 134 valence electrons. The molecule has 1 aromatic carbocycles. The van der Waals surface area contributed by atoms with Crippen LogP contribution in [0.2, 0.25) is 0 Å². The third kappa shape index (κ3) is 5.33. The van der Waals surface area contributed by atoms with Crippen LogP contribution in [0.4, 0.5) is 4.39 Å². The summed E-state index contributed by atoms with van der Waals surface area (Å²) in [6.07, 6.45) is 4.00. The van der Waals surface area contributed by atoms with E-state index in [1.807, 2.05) is 12.1 Å². The highest BCUT2D eigenvalue weighted by Crippen LogP contribution is 2.15. The molecular formula is C17H20FN3O3S. The van der Waals surface area contributed by atoms with Crippen molar-refractivity contribution in [1.82, 2.24) is 14.6 Å². The van der Waals surface area contributed by atoms with Crippen LogP contribution in [0.3, 0.4) is 0 Å². The maximum absolute atomic E-state index is 13.1. The quantitative estimate of drug-likeness (QED) is 0.807. The van der Waals surface area contributed by atoms with Crippen LogP contribution in [-0.2, 0) is 21.2 Å². The number of nitrogens with one attached hydrogen (secondary N) is 1. The Morgan fingerprint density at radius 3 is 2.56 bits per heavy atom. The van der Waals surface area contributed by atoms with Crippen LogP contribution < -0.4 is 4.72 Å². The van der Waals surface area contributed by atoms with E-state index < -0.39 is 15.8 Å². The number of benzene rings is 1. The molecule has 0 unspecified atom stereocenters. The SMILES string of the molecule is Cc1cc(F)ccc1S(=O)(=O)NCC(=O)N(C)CCc1ccncc1. The Morgan fingerprint density at radius 2 is 1.92 bits per heavy atom. The van der Waals surface area contributed by atoms with Crippen LogP contribution in [-0.4, -0.2) is 44.3 Å². The Balaban J connectivity index is 1.91. The standard InChI is InChI=1S/C17H20FN3O3S/c1-13-11-15(18)3-4-16(13)25(23,24)20-12-17(22)21(2)10-7-14-5-8-19-9-6-14/h3-6,8-9,11,20H,7,10,12H2,1-2H3. The smallest absolute Gasteiger partial charge is 0.241 e. The molecule has 1 heterocycles. The lowest BCUT2D eigenvalue weighted by Crippen LogP contribution is -2.39. The molecule has 1 N–H and O–H groups in total. The molecule has 6 nitrogen and oxygen atoms in total. The molecule has 2 aromatic rings. The second-order valence-corrected chi connectivity index (χ2v) is 7.39. The van der Waals surface area contributed by atoms with Gasteiger partial charge in [-0.1, -0.05) is 0 Å². The lowest BCUT2D eigenvalue weighted by molar-refractivity contribution is -0.128. The van der Waals surface area contributed by atoms with Gasteiger partial charge < -0.3 is 4.90 Å². The Hall–Kier alpha value is -2.32. The molecule has 0 saturated carbocycles. The average Bonchev–Trinajstić information content (AvgIpc) is 2.58. The maximum atomic E-state index is 13.1. The van der Waals surface area contributed by atoms with Gasteiger partial charge in [0.1, 0.15) is 5.82 Å². The number of halogens is 1. The molecule has 1 aromatic heterocycles. The normalized spacial score (nSPS) is 11.3. The zero-order valence-electron chi connectivity index (χ0n) is 14.1. The van der Waals surface area contributed by atoms with E-state index in [0.29, 0.717) is 13.0 Å². The Labute approximate surface area is 146 Å². The first-order chi connectivity index (χ1) is 11.8. The second-order valence-electron chi connectivity index (χ2n) is 5.66. The van der Waals surface area contributed by atoms with Gasteiger partial charge in [0.2, 0.25) is 15.9 Å². The summed E-state index contributed by atoms with van der Waals surface area (Å²) in [6.45, 7) is 1.60. The third-order valence-electron chi connectivity index (χ3n) is 3.75. The van der Waals surface area contributed by atoms with E-state index in [0.717, 1.165) is 17.7 Å². The lowest BCUT2D eigenvalue weighted by atomic mass is 10.2. The van der Waals surface area contributed by atoms with E-state index in [4.69, 9.17) is 0 Å². The number of rotatable bonds is 7. The van der Waals surface area contributed by atoms with Gasteiger partial charge in [-0.15, -0.1) is 0 Å². The number of nitrogens with zero attached hydrogens (tertiary/aromatic N) is 2. The molecule has 0 fully saturated rings. The summed E-state index contributed by atoms with van der Waals surface area (Å²) in [5, 5.41) is 0. The summed E-state index contributed by atoms with van der Waals surface area (Å²) in [5.74, 6) is -0.860.